The van der Waals surface area contributed by atoms with E-state index < -0.39 is 9.84 Å². The molecule has 0 saturated heterocycles. The molecule has 1 aromatic heterocycles. The number of carbonyl (C=O) groups is 1. The smallest absolute Gasteiger partial charge is 0.225 e. The third-order valence-corrected chi connectivity index (χ3v) is 8.14. The maximum atomic E-state index is 13.0. The average molecular weight is 448 g/mol. The van der Waals surface area contributed by atoms with Crippen molar-refractivity contribution < 1.29 is 13.2 Å². The monoisotopic (exact) mass is 447 g/mol. The molecule has 1 unspecified atom stereocenters. The zero-order valence-corrected chi connectivity index (χ0v) is 16.7. The van der Waals surface area contributed by atoms with Gasteiger partial charge in [0.1, 0.15) is 4.90 Å². The Labute approximate surface area is 163 Å². The number of nitrogens with one attached hydrogen (secondary N) is 1. The lowest BCUT2D eigenvalue weighted by Gasteiger charge is -2.24. The zero-order chi connectivity index (χ0) is 18.3. The van der Waals surface area contributed by atoms with Crippen LogP contribution in [0, 0.1) is 0 Å². The predicted octanol–water partition coefficient (Wildman–Crippen LogP) is 4.82. The standard InChI is InChI=1S/C19H14BrNO3S2/c20-15-9-5-4-8-13(15)14-10-17(22)21-18-16(11-25-19(14)18)26(23,24)12-6-2-1-3-7-12/h1-9,11,14H,10H2,(H,21,22). The van der Waals surface area contributed by atoms with Gasteiger partial charge in [0, 0.05) is 27.1 Å². The molecule has 1 aliphatic heterocycles. The molecule has 3 aromatic rings. The Morgan fingerprint density at radius 2 is 1.73 bits per heavy atom. The van der Waals surface area contributed by atoms with Crippen LogP contribution in [-0.2, 0) is 14.6 Å². The van der Waals surface area contributed by atoms with Crippen LogP contribution in [0.2, 0.25) is 0 Å². The highest BCUT2D eigenvalue weighted by molar-refractivity contribution is 9.10. The van der Waals surface area contributed by atoms with Gasteiger partial charge >= 0.3 is 0 Å². The van der Waals surface area contributed by atoms with Crippen LogP contribution in [-0.4, -0.2) is 14.3 Å². The van der Waals surface area contributed by atoms with Gasteiger partial charge in [-0.05, 0) is 23.8 Å². The summed E-state index contributed by atoms with van der Waals surface area (Å²) < 4.78 is 27.0. The largest absolute Gasteiger partial charge is 0.324 e. The maximum absolute atomic E-state index is 13.0. The summed E-state index contributed by atoms with van der Waals surface area (Å²) in [6.45, 7) is 0. The summed E-state index contributed by atoms with van der Waals surface area (Å²) >= 11 is 4.91. The van der Waals surface area contributed by atoms with Crippen molar-refractivity contribution in [3.8, 4) is 0 Å². The quantitative estimate of drug-likeness (QED) is 0.625. The molecule has 1 aliphatic rings. The molecule has 1 N–H and O–H groups in total. The molecular formula is C19H14BrNO3S2. The van der Waals surface area contributed by atoms with Crippen molar-refractivity contribution in [1.29, 1.82) is 0 Å². The van der Waals surface area contributed by atoms with Crippen LogP contribution in [0.25, 0.3) is 0 Å². The minimum absolute atomic E-state index is 0.161. The lowest BCUT2D eigenvalue weighted by molar-refractivity contribution is -0.116. The van der Waals surface area contributed by atoms with Gasteiger partial charge in [-0.2, -0.15) is 0 Å². The average Bonchev–Trinajstić information content (AvgIpc) is 3.07. The van der Waals surface area contributed by atoms with E-state index in [-0.39, 0.29) is 21.6 Å². The predicted molar refractivity (Wildman–Crippen MR) is 105 cm³/mol. The summed E-state index contributed by atoms with van der Waals surface area (Å²) in [6, 6.07) is 16.0. The lowest BCUT2D eigenvalue weighted by atomic mass is 9.91. The van der Waals surface area contributed by atoms with Crippen LogP contribution >= 0.6 is 27.3 Å². The van der Waals surface area contributed by atoms with Crippen LogP contribution < -0.4 is 5.32 Å². The van der Waals surface area contributed by atoms with Gasteiger partial charge in [0.15, 0.2) is 0 Å². The fraction of sp³-hybridized carbons (Fsp3) is 0.105. The van der Waals surface area contributed by atoms with E-state index in [0.29, 0.717) is 12.1 Å². The normalized spacial score (nSPS) is 16.8. The van der Waals surface area contributed by atoms with Gasteiger partial charge in [-0.1, -0.05) is 52.3 Å². The Morgan fingerprint density at radius 1 is 1.04 bits per heavy atom. The molecule has 1 atom stereocenters. The van der Waals surface area contributed by atoms with Gasteiger partial charge in [0.25, 0.3) is 0 Å². The molecule has 2 aromatic carbocycles. The first kappa shape index (κ1) is 17.5. The summed E-state index contributed by atoms with van der Waals surface area (Å²) in [5, 5.41) is 4.41. The number of hydrogen-bond donors (Lipinski definition) is 1. The van der Waals surface area contributed by atoms with Crippen molar-refractivity contribution in [2.24, 2.45) is 0 Å². The molecule has 26 heavy (non-hydrogen) atoms. The summed E-state index contributed by atoms with van der Waals surface area (Å²) in [5.74, 6) is -0.347. The highest BCUT2D eigenvalue weighted by Crippen LogP contribution is 2.47. The van der Waals surface area contributed by atoms with Crippen molar-refractivity contribution in [3.63, 3.8) is 0 Å². The molecule has 2 heterocycles. The Hall–Kier alpha value is -1.96. The molecule has 0 aliphatic carbocycles. The van der Waals surface area contributed by atoms with E-state index in [1.165, 1.54) is 11.3 Å². The second-order valence-electron chi connectivity index (χ2n) is 5.98. The SMILES string of the molecule is O=C1CC(c2ccccc2Br)c2scc(S(=O)(=O)c3ccccc3)c2N1. The second-order valence-corrected chi connectivity index (χ2v) is 9.67. The first-order valence-corrected chi connectivity index (χ1v) is 11.1. The number of hydrogen-bond acceptors (Lipinski definition) is 4. The van der Waals surface area contributed by atoms with Gasteiger partial charge in [0.2, 0.25) is 15.7 Å². The number of sulfone groups is 1. The van der Waals surface area contributed by atoms with Crippen LogP contribution in [0.5, 0.6) is 0 Å². The highest BCUT2D eigenvalue weighted by atomic mass is 79.9. The fourth-order valence-corrected chi connectivity index (χ4v) is 6.62. The highest BCUT2D eigenvalue weighted by Gasteiger charge is 2.34. The van der Waals surface area contributed by atoms with E-state index in [1.54, 1.807) is 35.7 Å². The zero-order valence-electron chi connectivity index (χ0n) is 13.5. The summed E-state index contributed by atoms with van der Waals surface area (Å²) in [6.07, 6.45) is 0.293. The Morgan fingerprint density at radius 3 is 2.46 bits per heavy atom. The van der Waals surface area contributed by atoms with Gasteiger partial charge in [0.05, 0.1) is 10.6 Å². The van der Waals surface area contributed by atoms with Gasteiger partial charge < -0.3 is 5.32 Å². The van der Waals surface area contributed by atoms with Crippen molar-refractivity contribution in [2.45, 2.75) is 22.1 Å². The molecule has 0 fully saturated rings. The second kappa shape index (κ2) is 6.64. The number of carbonyl (C=O) groups excluding carboxylic acids is 1. The van der Waals surface area contributed by atoms with E-state index in [9.17, 15) is 13.2 Å². The molecule has 4 nitrogen and oxygen atoms in total. The molecule has 132 valence electrons. The Bertz CT molecular complexity index is 1090. The van der Waals surface area contributed by atoms with Crippen molar-refractivity contribution in [1.82, 2.24) is 0 Å². The molecule has 7 heteroatoms. The number of rotatable bonds is 3. The van der Waals surface area contributed by atoms with E-state index in [0.717, 1.165) is 14.9 Å². The van der Waals surface area contributed by atoms with Crippen molar-refractivity contribution >= 4 is 48.7 Å². The summed E-state index contributed by atoms with van der Waals surface area (Å²) in [7, 11) is -3.69. The molecule has 0 radical (unpaired) electrons. The van der Waals surface area contributed by atoms with Crippen molar-refractivity contribution in [2.75, 3.05) is 5.32 Å². The number of amides is 1. The van der Waals surface area contributed by atoms with Crippen LogP contribution in [0.15, 0.2) is 74.2 Å². The molecule has 4 rings (SSSR count). The summed E-state index contributed by atoms with van der Waals surface area (Å²) in [4.78, 5) is 13.6. The number of fused-ring (bicyclic) bond motifs is 1. The minimum Gasteiger partial charge on any atom is -0.324 e. The first-order valence-electron chi connectivity index (χ1n) is 7.94. The topological polar surface area (TPSA) is 63.2 Å². The number of thiophene rings is 1. The third-order valence-electron chi connectivity index (χ3n) is 4.38. The minimum atomic E-state index is -3.69. The Kier molecular flexibility index (Phi) is 4.46. The number of halogens is 1. The number of benzene rings is 2. The van der Waals surface area contributed by atoms with E-state index >= 15 is 0 Å². The third kappa shape index (κ3) is 2.90. The number of anilines is 1. The molecule has 1 amide bonds. The molecule has 0 saturated carbocycles. The first-order chi connectivity index (χ1) is 12.5. The summed E-state index contributed by atoms with van der Waals surface area (Å²) in [5.41, 5.74) is 1.39. The lowest BCUT2D eigenvalue weighted by Crippen LogP contribution is -2.23. The van der Waals surface area contributed by atoms with E-state index in [2.05, 4.69) is 21.2 Å². The van der Waals surface area contributed by atoms with Crippen LogP contribution in [0.1, 0.15) is 22.8 Å². The van der Waals surface area contributed by atoms with Gasteiger partial charge in [-0.15, -0.1) is 11.3 Å². The fourth-order valence-electron chi connectivity index (χ4n) is 3.14. The maximum Gasteiger partial charge on any atom is 0.225 e. The van der Waals surface area contributed by atoms with Gasteiger partial charge in [-0.25, -0.2) is 8.42 Å². The molecule has 0 spiro atoms. The Balaban J connectivity index is 1.86. The molecular weight excluding hydrogens is 434 g/mol. The van der Waals surface area contributed by atoms with Crippen molar-refractivity contribution in [3.05, 3.63) is 74.9 Å². The van der Waals surface area contributed by atoms with Gasteiger partial charge in [-0.3, -0.25) is 4.79 Å². The van der Waals surface area contributed by atoms with Crippen LogP contribution in [0.3, 0.4) is 0 Å². The van der Waals surface area contributed by atoms with E-state index in [1.807, 2.05) is 24.3 Å². The van der Waals surface area contributed by atoms with Crippen LogP contribution in [0.4, 0.5) is 5.69 Å². The molecule has 0 bridgehead atoms. The van der Waals surface area contributed by atoms with E-state index in [4.69, 9.17) is 0 Å².